The number of nitrogens with one attached hydrogen (secondary N) is 1. The highest BCUT2D eigenvalue weighted by molar-refractivity contribution is 5.78. The third-order valence-corrected chi connectivity index (χ3v) is 2.79. The molecule has 0 aliphatic carbocycles. The first kappa shape index (κ1) is 14.7. The van der Waals surface area contributed by atoms with Crippen LogP contribution in [-0.2, 0) is 16.1 Å². The lowest BCUT2D eigenvalue weighted by Crippen LogP contribution is -2.39. The van der Waals surface area contributed by atoms with Crippen LogP contribution in [0.3, 0.4) is 0 Å². The Balaban J connectivity index is 2.00. The first-order valence-corrected chi connectivity index (χ1v) is 6.24. The fourth-order valence-electron chi connectivity index (χ4n) is 1.35. The maximum atomic E-state index is 11.6. The molecule has 1 aromatic heterocycles. The quantitative estimate of drug-likeness (QED) is 0.685. The smallest absolute Gasteiger partial charge is 0.224 e. The Hall–Kier alpha value is -1.33. The van der Waals surface area contributed by atoms with Gasteiger partial charge in [0.15, 0.2) is 0 Å². The Morgan fingerprint density at radius 2 is 2.33 bits per heavy atom. The summed E-state index contributed by atoms with van der Waals surface area (Å²) in [5, 5.41) is 2.84. The van der Waals surface area contributed by atoms with Crippen LogP contribution in [0.2, 0.25) is 0 Å². The van der Waals surface area contributed by atoms with Crippen molar-refractivity contribution in [3.8, 4) is 0 Å². The predicted molar refractivity (Wildman–Crippen MR) is 68.8 cm³/mol. The largest absolute Gasteiger partial charge is 0.467 e. The molecule has 102 valence electrons. The molecule has 0 saturated heterocycles. The molecule has 0 aromatic carbocycles. The Bertz CT molecular complexity index is 336. The topological polar surface area (TPSA) is 77.5 Å². The highest BCUT2D eigenvalue weighted by Crippen LogP contribution is 2.02. The van der Waals surface area contributed by atoms with Gasteiger partial charge in [-0.3, -0.25) is 4.79 Å². The minimum absolute atomic E-state index is 0.00367. The first-order chi connectivity index (χ1) is 8.61. The van der Waals surface area contributed by atoms with Crippen LogP contribution in [0.15, 0.2) is 22.8 Å². The van der Waals surface area contributed by atoms with E-state index in [1.807, 2.05) is 26.0 Å². The molecule has 1 rings (SSSR count). The summed E-state index contributed by atoms with van der Waals surface area (Å²) in [5.74, 6) is 0.648. The van der Waals surface area contributed by atoms with Crippen molar-refractivity contribution in [2.75, 3.05) is 13.2 Å². The number of carbonyl (C=O) groups excluding carboxylic acids is 1. The molecule has 0 saturated carbocycles. The summed E-state index contributed by atoms with van der Waals surface area (Å²) in [6.07, 6.45) is 2.40. The number of hydrogen-bond acceptors (Lipinski definition) is 4. The standard InChI is InChI=1S/C13H22N2O3/c1-10(11(2)14)13(16)15-6-4-7-17-9-12-5-3-8-18-12/h3,5,8,10-11H,4,6-7,9,14H2,1-2H3,(H,15,16). The lowest BCUT2D eigenvalue weighted by molar-refractivity contribution is -0.124. The fraction of sp³-hybridized carbons (Fsp3) is 0.615. The van der Waals surface area contributed by atoms with Gasteiger partial charge in [-0.05, 0) is 25.5 Å². The van der Waals surface area contributed by atoms with Crippen LogP contribution >= 0.6 is 0 Å². The van der Waals surface area contributed by atoms with Crippen molar-refractivity contribution in [2.45, 2.75) is 32.9 Å². The fourth-order valence-corrected chi connectivity index (χ4v) is 1.35. The van der Waals surface area contributed by atoms with Crippen LogP contribution in [0.25, 0.3) is 0 Å². The van der Waals surface area contributed by atoms with Crippen molar-refractivity contribution in [1.29, 1.82) is 0 Å². The van der Waals surface area contributed by atoms with Gasteiger partial charge in [-0.2, -0.15) is 0 Å². The molecule has 0 aliphatic rings. The molecule has 0 spiro atoms. The van der Waals surface area contributed by atoms with Gasteiger partial charge >= 0.3 is 0 Å². The monoisotopic (exact) mass is 254 g/mol. The normalized spacial score (nSPS) is 14.2. The van der Waals surface area contributed by atoms with Crippen molar-refractivity contribution in [3.63, 3.8) is 0 Å². The van der Waals surface area contributed by atoms with Crippen LogP contribution in [-0.4, -0.2) is 25.1 Å². The molecule has 1 amide bonds. The summed E-state index contributed by atoms with van der Waals surface area (Å²) < 4.78 is 10.5. The number of ether oxygens (including phenoxy) is 1. The number of amides is 1. The van der Waals surface area contributed by atoms with Gasteiger partial charge in [-0.25, -0.2) is 0 Å². The van der Waals surface area contributed by atoms with Gasteiger partial charge < -0.3 is 20.2 Å². The number of hydrogen-bond donors (Lipinski definition) is 2. The second kappa shape index (κ2) is 7.89. The number of rotatable bonds is 8. The molecule has 0 radical (unpaired) electrons. The molecular formula is C13H22N2O3. The Morgan fingerprint density at radius 3 is 2.94 bits per heavy atom. The Morgan fingerprint density at radius 1 is 1.56 bits per heavy atom. The predicted octanol–water partition coefficient (Wildman–Crippen LogP) is 1.29. The highest BCUT2D eigenvalue weighted by Gasteiger charge is 2.15. The summed E-state index contributed by atoms with van der Waals surface area (Å²) >= 11 is 0. The third kappa shape index (κ3) is 5.33. The maximum Gasteiger partial charge on any atom is 0.224 e. The van der Waals surface area contributed by atoms with Crippen LogP contribution in [0.4, 0.5) is 0 Å². The zero-order valence-electron chi connectivity index (χ0n) is 11.0. The van der Waals surface area contributed by atoms with Crippen LogP contribution in [0.5, 0.6) is 0 Å². The molecule has 2 atom stereocenters. The van der Waals surface area contributed by atoms with Gasteiger partial charge in [0.2, 0.25) is 5.91 Å². The van der Waals surface area contributed by atoms with Crippen LogP contribution in [0.1, 0.15) is 26.0 Å². The van der Waals surface area contributed by atoms with E-state index in [9.17, 15) is 4.79 Å². The molecule has 1 aromatic rings. The van der Waals surface area contributed by atoms with E-state index in [0.717, 1.165) is 12.2 Å². The molecular weight excluding hydrogens is 232 g/mol. The summed E-state index contributed by atoms with van der Waals surface area (Å²) in [7, 11) is 0. The minimum atomic E-state index is -0.158. The molecule has 1 heterocycles. The van der Waals surface area contributed by atoms with Crippen molar-refractivity contribution < 1.29 is 13.9 Å². The van der Waals surface area contributed by atoms with Gasteiger partial charge in [0.05, 0.1) is 6.26 Å². The van der Waals surface area contributed by atoms with Crippen LogP contribution < -0.4 is 11.1 Å². The summed E-state index contributed by atoms with van der Waals surface area (Å²) in [4.78, 5) is 11.6. The Kier molecular flexibility index (Phi) is 6.46. The minimum Gasteiger partial charge on any atom is -0.467 e. The van der Waals surface area contributed by atoms with E-state index in [-0.39, 0.29) is 17.9 Å². The van der Waals surface area contributed by atoms with Gasteiger partial charge in [0.1, 0.15) is 12.4 Å². The molecule has 3 N–H and O–H groups in total. The van der Waals surface area contributed by atoms with E-state index in [1.54, 1.807) is 6.26 Å². The lowest BCUT2D eigenvalue weighted by Gasteiger charge is -2.15. The van der Waals surface area contributed by atoms with Gasteiger partial charge in [0.25, 0.3) is 0 Å². The van der Waals surface area contributed by atoms with E-state index in [0.29, 0.717) is 19.8 Å². The summed E-state index contributed by atoms with van der Waals surface area (Å²) in [5.41, 5.74) is 5.65. The third-order valence-electron chi connectivity index (χ3n) is 2.79. The SMILES string of the molecule is CC(N)C(C)C(=O)NCCCOCc1ccco1. The van der Waals surface area contributed by atoms with Gasteiger partial charge in [-0.1, -0.05) is 6.92 Å². The molecule has 5 heteroatoms. The maximum absolute atomic E-state index is 11.6. The summed E-state index contributed by atoms with van der Waals surface area (Å²) in [6, 6.07) is 3.57. The van der Waals surface area contributed by atoms with E-state index in [4.69, 9.17) is 14.9 Å². The zero-order valence-corrected chi connectivity index (χ0v) is 11.0. The van der Waals surface area contributed by atoms with E-state index in [1.165, 1.54) is 0 Å². The lowest BCUT2D eigenvalue weighted by atomic mass is 10.0. The molecule has 0 fully saturated rings. The second-order valence-electron chi connectivity index (χ2n) is 4.42. The van der Waals surface area contributed by atoms with Crippen molar-refractivity contribution >= 4 is 5.91 Å². The van der Waals surface area contributed by atoms with Gasteiger partial charge in [-0.15, -0.1) is 0 Å². The zero-order chi connectivity index (χ0) is 13.4. The molecule has 2 unspecified atom stereocenters. The summed E-state index contributed by atoms with van der Waals surface area (Å²) in [6.45, 7) is 5.32. The van der Waals surface area contributed by atoms with E-state index in [2.05, 4.69) is 5.32 Å². The number of furan rings is 1. The van der Waals surface area contributed by atoms with E-state index < -0.39 is 0 Å². The van der Waals surface area contributed by atoms with E-state index >= 15 is 0 Å². The van der Waals surface area contributed by atoms with Crippen LogP contribution in [0, 0.1) is 5.92 Å². The number of carbonyl (C=O) groups is 1. The molecule has 0 aliphatic heterocycles. The van der Waals surface area contributed by atoms with Crippen molar-refractivity contribution in [3.05, 3.63) is 24.2 Å². The molecule has 18 heavy (non-hydrogen) atoms. The average Bonchev–Trinajstić information content (AvgIpc) is 2.85. The molecule has 5 nitrogen and oxygen atoms in total. The second-order valence-corrected chi connectivity index (χ2v) is 4.42. The van der Waals surface area contributed by atoms with Crippen molar-refractivity contribution in [1.82, 2.24) is 5.32 Å². The Labute approximate surface area is 108 Å². The van der Waals surface area contributed by atoms with Gasteiger partial charge in [0, 0.05) is 25.1 Å². The number of nitrogens with two attached hydrogens (primary N) is 1. The first-order valence-electron chi connectivity index (χ1n) is 6.24. The van der Waals surface area contributed by atoms with Crippen molar-refractivity contribution in [2.24, 2.45) is 11.7 Å². The highest BCUT2D eigenvalue weighted by atomic mass is 16.5. The average molecular weight is 254 g/mol. The molecule has 0 bridgehead atoms.